The molecule has 2 nitrogen and oxygen atoms in total. The Labute approximate surface area is 80.2 Å². The minimum atomic E-state index is -0.252. The van der Waals surface area contributed by atoms with Gasteiger partial charge in [0.15, 0.2) is 0 Å². The van der Waals surface area contributed by atoms with Crippen LogP contribution < -0.4 is 0 Å². The van der Waals surface area contributed by atoms with Gasteiger partial charge in [0.05, 0.1) is 0 Å². The molecule has 0 amide bonds. The van der Waals surface area contributed by atoms with E-state index in [1.807, 2.05) is 18.2 Å². The zero-order valence-corrected chi connectivity index (χ0v) is 8.62. The second kappa shape index (κ2) is 4.58. The maximum atomic E-state index is 5.56. The van der Waals surface area contributed by atoms with Gasteiger partial charge in [0.25, 0.3) is 0 Å². The van der Waals surface area contributed by atoms with Gasteiger partial charge < -0.3 is 9.47 Å². The molecule has 1 rings (SSSR count). The Kier molecular flexibility index (Phi) is 3.70. The number of rotatable bonds is 4. The van der Waals surface area contributed by atoms with Gasteiger partial charge in [0.1, 0.15) is 11.7 Å². The van der Waals surface area contributed by atoms with Gasteiger partial charge in [-0.05, 0) is 12.5 Å². The van der Waals surface area contributed by atoms with Gasteiger partial charge in [-0.25, -0.2) is 0 Å². The van der Waals surface area contributed by atoms with Crippen LogP contribution in [0.4, 0.5) is 0 Å². The van der Waals surface area contributed by atoms with E-state index in [1.54, 1.807) is 14.2 Å². The quantitative estimate of drug-likeness (QED) is 0.664. The first kappa shape index (κ1) is 10.5. The molecule has 0 aromatic carbocycles. The monoisotopic (exact) mass is 182 g/mol. The van der Waals surface area contributed by atoms with Gasteiger partial charge in [-0.2, -0.15) is 0 Å². The second-order valence-corrected chi connectivity index (χ2v) is 3.31. The lowest BCUT2D eigenvalue weighted by atomic mass is 9.87. The number of hydrogen-bond acceptors (Lipinski definition) is 2. The van der Waals surface area contributed by atoms with Crippen molar-refractivity contribution in [2.24, 2.45) is 0 Å². The standard InChI is InChI=1S/C11H18O2/c1-4-8-11(13-3)9-6-5-7-10(11)12-2/h5-7,9-10H,4,8H2,1-3H3. The highest BCUT2D eigenvalue weighted by molar-refractivity contribution is 5.23. The molecule has 1 aliphatic carbocycles. The molecule has 74 valence electrons. The summed E-state index contributed by atoms with van der Waals surface area (Å²) in [6.45, 7) is 2.15. The lowest BCUT2D eigenvalue weighted by Gasteiger charge is -2.36. The summed E-state index contributed by atoms with van der Waals surface area (Å²) in [6, 6.07) is 0. The lowest BCUT2D eigenvalue weighted by Crippen LogP contribution is -2.43. The zero-order chi connectivity index (χ0) is 9.73. The molecule has 13 heavy (non-hydrogen) atoms. The Bertz CT molecular complexity index is 208. The average molecular weight is 182 g/mol. The van der Waals surface area contributed by atoms with Crippen LogP contribution in [-0.4, -0.2) is 25.9 Å². The summed E-state index contributed by atoms with van der Waals surface area (Å²) in [7, 11) is 3.46. The predicted molar refractivity (Wildman–Crippen MR) is 53.7 cm³/mol. The first-order chi connectivity index (χ1) is 6.29. The van der Waals surface area contributed by atoms with Crippen LogP contribution in [0.5, 0.6) is 0 Å². The van der Waals surface area contributed by atoms with Crippen molar-refractivity contribution in [3.8, 4) is 0 Å². The van der Waals surface area contributed by atoms with Crippen LogP contribution >= 0.6 is 0 Å². The highest BCUT2D eigenvalue weighted by atomic mass is 16.5. The van der Waals surface area contributed by atoms with E-state index in [1.165, 1.54) is 0 Å². The molecule has 2 atom stereocenters. The first-order valence-electron chi connectivity index (χ1n) is 4.73. The third kappa shape index (κ3) is 2.01. The maximum absolute atomic E-state index is 5.56. The molecule has 0 N–H and O–H groups in total. The van der Waals surface area contributed by atoms with E-state index in [-0.39, 0.29) is 11.7 Å². The van der Waals surface area contributed by atoms with Crippen molar-refractivity contribution in [3.05, 3.63) is 24.3 Å². The topological polar surface area (TPSA) is 18.5 Å². The van der Waals surface area contributed by atoms with E-state index in [0.29, 0.717) is 0 Å². The lowest BCUT2D eigenvalue weighted by molar-refractivity contribution is -0.0712. The van der Waals surface area contributed by atoms with E-state index in [2.05, 4.69) is 13.0 Å². The molecule has 2 unspecified atom stereocenters. The summed E-state index contributed by atoms with van der Waals surface area (Å²) in [5, 5.41) is 0. The first-order valence-corrected chi connectivity index (χ1v) is 4.73. The fourth-order valence-corrected chi connectivity index (χ4v) is 1.82. The van der Waals surface area contributed by atoms with Crippen molar-refractivity contribution >= 4 is 0 Å². The Hall–Kier alpha value is -0.600. The second-order valence-electron chi connectivity index (χ2n) is 3.31. The summed E-state index contributed by atoms with van der Waals surface area (Å²) in [5.41, 5.74) is -0.252. The number of methoxy groups -OCH3 is 2. The molecule has 2 heteroatoms. The van der Waals surface area contributed by atoms with Crippen LogP contribution in [0.1, 0.15) is 19.8 Å². The molecule has 0 aliphatic heterocycles. The van der Waals surface area contributed by atoms with Gasteiger partial charge in [0, 0.05) is 14.2 Å². The third-order valence-electron chi connectivity index (χ3n) is 2.53. The molecular formula is C11H18O2. The normalized spacial score (nSPS) is 32.4. The Morgan fingerprint density at radius 2 is 2.08 bits per heavy atom. The van der Waals surface area contributed by atoms with E-state index in [4.69, 9.17) is 9.47 Å². The third-order valence-corrected chi connectivity index (χ3v) is 2.53. The van der Waals surface area contributed by atoms with Crippen LogP contribution in [0.2, 0.25) is 0 Å². The van der Waals surface area contributed by atoms with Crippen LogP contribution in [0.15, 0.2) is 24.3 Å². The predicted octanol–water partition coefficient (Wildman–Crippen LogP) is 2.31. The van der Waals surface area contributed by atoms with E-state index >= 15 is 0 Å². The SMILES string of the molecule is CCCC1(OC)C=CC=CC1OC. The smallest absolute Gasteiger partial charge is 0.116 e. The van der Waals surface area contributed by atoms with Gasteiger partial charge in [0.2, 0.25) is 0 Å². The molecule has 0 saturated heterocycles. The molecule has 0 heterocycles. The van der Waals surface area contributed by atoms with Crippen molar-refractivity contribution in [2.45, 2.75) is 31.5 Å². The van der Waals surface area contributed by atoms with Crippen molar-refractivity contribution < 1.29 is 9.47 Å². The van der Waals surface area contributed by atoms with E-state index < -0.39 is 0 Å². The minimum Gasteiger partial charge on any atom is -0.374 e. The molecular weight excluding hydrogens is 164 g/mol. The minimum absolute atomic E-state index is 0.0439. The zero-order valence-electron chi connectivity index (χ0n) is 8.62. The molecule has 0 fully saturated rings. The fraction of sp³-hybridized carbons (Fsp3) is 0.636. The summed E-state index contributed by atoms with van der Waals surface area (Å²) >= 11 is 0. The number of hydrogen-bond donors (Lipinski definition) is 0. The van der Waals surface area contributed by atoms with Crippen LogP contribution in [0.3, 0.4) is 0 Å². The van der Waals surface area contributed by atoms with E-state index in [0.717, 1.165) is 12.8 Å². The summed E-state index contributed by atoms with van der Waals surface area (Å²) in [6.07, 6.45) is 10.3. The molecule has 0 radical (unpaired) electrons. The van der Waals surface area contributed by atoms with Crippen molar-refractivity contribution in [1.29, 1.82) is 0 Å². The Morgan fingerprint density at radius 3 is 2.62 bits per heavy atom. The number of allylic oxidation sites excluding steroid dienone is 2. The Balaban J connectivity index is 2.81. The van der Waals surface area contributed by atoms with Gasteiger partial charge in [-0.3, -0.25) is 0 Å². The fourth-order valence-electron chi connectivity index (χ4n) is 1.82. The summed E-state index contributed by atoms with van der Waals surface area (Å²) in [5.74, 6) is 0. The van der Waals surface area contributed by atoms with Crippen molar-refractivity contribution in [2.75, 3.05) is 14.2 Å². The van der Waals surface area contributed by atoms with Crippen LogP contribution in [0.25, 0.3) is 0 Å². The molecule has 0 aromatic heterocycles. The molecule has 0 saturated carbocycles. The average Bonchev–Trinajstić information content (AvgIpc) is 2.19. The highest BCUT2D eigenvalue weighted by Gasteiger charge is 2.35. The van der Waals surface area contributed by atoms with Crippen LogP contribution in [0, 0.1) is 0 Å². The number of ether oxygens (including phenoxy) is 2. The van der Waals surface area contributed by atoms with Crippen molar-refractivity contribution in [1.82, 2.24) is 0 Å². The molecule has 0 bridgehead atoms. The van der Waals surface area contributed by atoms with Gasteiger partial charge >= 0.3 is 0 Å². The van der Waals surface area contributed by atoms with Crippen LogP contribution in [-0.2, 0) is 9.47 Å². The molecule has 0 aromatic rings. The van der Waals surface area contributed by atoms with Gasteiger partial charge in [-0.1, -0.05) is 31.6 Å². The largest absolute Gasteiger partial charge is 0.374 e. The molecule has 0 spiro atoms. The molecule has 1 aliphatic rings. The Morgan fingerprint density at radius 1 is 1.31 bits per heavy atom. The van der Waals surface area contributed by atoms with Crippen molar-refractivity contribution in [3.63, 3.8) is 0 Å². The maximum Gasteiger partial charge on any atom is 0.116 e. The van der Waals surface area contributed by atoms with Gasteiger partial charge in [-0.15, -0.1) is 0 Å². The van der Waals surface area contributed by atoms with E-state index in [9.17, 15) is 0 Å². The summed E-state index contributed by atoms with van der Waals surface area (Å²) in [4.78, 5) is 0. The summed E-state index contributed by atoms with van der Waals surface area (Å²) < 4.78 is 10.9. The highest BCUT2D eigenvalue weighted by Crippen LogP contribution is 2.29.